The average Bonchev–Trinajstić information content (AvgIpc) is 2.61. The van der Waals surface area contributed by atoms with Crippen LogP contribution in [0.3, 0.4) is 0 Å². The van der Waals surface area contributed by atoms with Crippen LogP contribution in [0.2, 0.25) is 0 Å². The van der Waals surface area contributed by atoms with Crippen molar-refractivity contribution in [1.29, 1.82) is 0 Å². The Morgan fingerprint density at radius 1 is 1.64 bits per heavy atom. The second-order valence-electron chi connectivity index (χ2n) is 2.45. The highest BCUT2D eigenvalue weighted by atomic mass is 16.1. The lowest BCUT2D eigenvalue weighted by Gasteiger charge is -1.85. The molecule has 0 fully saturated rings. The fourth-order valence-electron chi connectivity index (χ4n) is 1.03. The molecule has 0 unspecified atom stereocenters. The quantitative estimate of drug-likeness (QED) is 0.381. The Hall–Kier alpha value is -2.40. The maximum Gasteiger partial charge on any atom is 0.269 e. The summed E-state index contributed by atoms with van der Waals surface area (Å²) >= 11 is 0. The molecule has 1 amide bonds. The number of nitrogens with zero attached hydrogens (tertiary/aromatic N) is 6. The van der Waals surface area contributed by atoms with Gasteiger partial charge in [-0.2, -0.15) is 5.10 Å². The molecule has 0 saturated heterocycles. The number of fused-ring (bicyclic) bond motifs is 1. The van der Waals surface area contributed by atoms with Gasteiger partial charge >= 0.3 is 0 Å². The topological polar surface area (TPSA) is 96.0 Å². The van der Waals surface area contributed by atoms with E-state index in [1.165, 1.54) is 10.7 Å². The molecule has 68 valence electrons. The fraction of sp³-hybridized carbons (Fsp3) is 0. The number of imidazole rings is 1. The molecule has 2 rings (SSSR count). The van der Waals surface area contributed by atoms with Crippen LogP contribution >= 0.6 is 0 Å². The number of aromatic nitrogens is 3. The van der Waals surface area contributed by atoms with E-state index in [0.29, 0.717) is 5.65 Å². The highest BCUT2D eigenvalue weighted by Gasteiger charge is 2.08. The summed E-state index contributed by atoms with van der Waals surface area (Å²) < 4.78 is 1.43. The molecule has 0 N–H and O–H groups in total. The van der Waals surface area contributed by atoms with E-state index in [2.05, 4.69) is 20.1 Å². The maximum atomic E-state index is 11.1. The van der Waals surface area contributed by atoms with E-state index < -0.39 is 5.91 Å². The van der Waals surface area contributed by atoms with Crippen LogP contribution in [0.25, 0.3) is 16.1 Å². The molecular formula is C7H4N6O. The molecule has 0 spiro atoms. The van der Waals surface area contributed by atoms with E-state index in [1.54, 1.807) is 18.3 Å². The van der Waals surface area contributed by atoms with Gasteiger partial charge in [-0.3, -0.25) is 4.79 Å². The Balaban J connectivity index is 2.55. The summed E-state index contributed by atoms with van der Waals surface area (Å²) in [5.41, 5.74) is 8.68. The zero-order chi connectivity index (χ0) is 9.97. The molecule has 0 radical (unpaired) electrons. The van der Waals surface area contributed by atoms with Gasteiger partial charge in [-0.1, -0.05) is 0 Å². The lowest BCUT2D eigenvalue weighted by atomic mass is 10.5. The third kappa shape index (κ3) is 1.27. The van der Waals surface area contributed by atoms with E-state index in [0.717, 1.165) is 0 Å². The first-order valence-electron chi connectivity index (χ1n) is 3.71. The van der Waals surface area contributed by atoms with Gasteiger partial charge in [-0.15, -0.1) is 0 Å². The summed E-state index contributed by atoms with van der Waals surface area (Å²) in [6, 6.07) is 3.39. The number of hydrogen-bond acceptors (Lipinski definition) is 3. The molecule has 0 aliphatic rings. The minimum atomic E-state index is -0.710. The third-order valence-corrected chi connectivity index (χ3v) is 1.59. The summed E-state index contributed by atoms with van der Waals surface area (Å²) in [6.45, 7) is 0. The van der Waals surface area contributed by atoms with E-state index in [4.69, 9.17) is 5.53 Å². The van der Waals surface area contributed by atoms with E-state index >= 15 is 0 Å². The first-order chi connectivity index (χ1) is 6.81. The smallest absolute Gasteiger partial charge is 0.269 e. The zero-order valence-electron chi connectivity index (χ0n) is 6.90. The number of carbonyl (C=O) groups is 1. The molecule has 0 aliphatic carbocycles. The van der Waals surface area contributed by atoms with Crippen LogP contribution in [-0.2, 0) is 0 Å². The normalized spacial score (nSPS) is 9.71. The van der Waals surface area contributed by atoms with Gasteiger partial charge in [-0.05, 0) is 22.8 Å². The van der Waals surface area contributed by atoms with Crippen molar-refractivity contribution in [1.82, 2.24) is 14.6 Å². The Labute approximate surface area is 77.6 Å². The minimum Gasteiger partial charge on any atom is -0.285 e. The fourth-order valence-corrected chi connectivity index (χ4v) is 1.03. The molecule has 0 aromatic carbocycles. The number of azide groups is 1. The number of hydrogen-bond donors (Lipinski definition) is 0. The van der Waals surface area contributed by atoms with E-state index in [1.807, 2.05) is 0 Å². The van der Waals surface area contributed by atoms with Crippen LogP contribution in [0.4, 0.5) is 0 Å². The second-order valence-corrected chi connectivity index (χ2v) is 2.45. The Kier molecular flexibility index (Phi) is 1.85. The SMILES string of the molecule is [N-]=[N+]=NC(=O)c1cn2ncccc2n1. The van der Waals surface area contributed by atoms with Gasteiger partial charge in [0.2, 0.25) is 0 Å². The molecule has 14 heavy (non-hydrogen) atoms. The number of amides is 1. The van der Waals surface area contributed by atoms with Crippen LogP contribution in [0.5, 0.6) is 0 Å². The van der Waals surface area contributed by atoms with Gasteiger partial charge in [-0.25, -0.2) is 9.50 Å². The lowest BCUT2D eigenvalue weighted by Crippen LogP contribution is -1.92. The first-order valence-corrected chi connectivity index (χ1v) is 3.71. The summed E-state index contributed by atoms with van der Waals surface area (Å²) in [5.74, 6) is -0.710. The largest absolute Gasteiger partial charge is 0.285 e. The van der Waals surface area contributed by atoms with Crippen LogP contribution < -0.4 is 0 Å². The van der Waals surface area contributed by atoms with Gasteiger partial charge in [0.05, 0.1) is 6.20 Å². The van der Waals surface area contributed by atoms with E-state index in [9.17, 15) is 4.79 Å². The second kappa shape index (κ2) is 3.15. The maximum absolute atomic E-state index is 11.1. The highest BCUT2D eigenvalue weighted by Crippen LogP contribution is 2.03. The van der Waals surface area contributed by atoms with Crippen LogP contribution in [0, 0.1) is 0 Å². The molecule has 0 atom stereocenters. The summed E-state index contributed by atoms with van der Waals surface area (Å²) in [5, 5.41) is 6.84. The summed E-state index contributed by atoms with van der Waals surface area (Å²) in [7, 11) is 0. The molecule has 2 aromatic heterocycles. The van der Waals surface area contributed by atoms with Gasteiger partial charge in [0, 0.05) is 11.1 Å². The molecule has 7 nitrogen and oxygen atoms in total. The average molecular weight is 188 g/mol. The van der Waals surface area contributed by atoms with Gasteiger partial charge in [0.25, 0.3) is 5.91 Å². The Morgan fingerprint density at radius 3 is 3.21 bits per heavy atom. The van der Waals surface area contributed by atoms with Crippen LogP contribution in [0.1, 0.15) is 10.5 Å². The minimum absolute atomic E-state index is 0.0847. The van der Waals surface area contributed by atoms with Crippen molar-refractivity contribution < 1.29 is 4.79 Å². The van der Waals surface area contributed by atoms with Gasteiger partial charge < -0.3 is 0 Å². The van der Waals surface area contributed by atoms with Gasteiger partial charge in [0.1, 0.15) is 5.69 Å². The van der Waals surface area contributed by atoms with Crippen molar-refractivity contribution in [3.8, 4) is 0 Å². The van der Waals surface area contributed by atoms with Crippen molar-refractivity contribution >= 4 is 11.6 Å². The van der Waals surface area contributed by atoms with Crippen molar-refractivity contribution in [3.05, 3.63) is 40.7 Å². The molecule has 7 heteroatoms. The Bertz CT molecular complexity index is 505. The standard InChI is InChI=1S/C7H4N6O/c8-12-11-7(14)5-4-13-6(10-5)2-1-3-9-13/h1-4H. The number of carbonyl (C=O) groups excluding carboxylic acids is 1. The predicted octanol–water partition coefficient (Wildman–Crippen LogP) is 1.18. The molecule has 0 bridgehead atoms. The highest BCUT2D eigenvalue weighted by molar-refractivity contribution is 5.93. The predicted molar refractivity (Wildman–Crippen MR) is 46.5 cm³/mol. The Morgan fingerprint density at radius 2 is 2.50 bits per heavy atom. The van der Waals surface area contributed by atoms with Gasteiger partial charge in [0.15, 0.2) is 5.65 Å². The van der Waals surface area contributed by atoms with Crippen LogP contribution in [0.15, 0.2) is 29.6 Å². The summed E-state index contributed by atoms with van der Waals surface area (Å²) in [6.07, 6.45) is 2.98. The van der Waals surface area contributed by atoms with E-state index in [-0.39, 0.29) is 5.69 Å². The van der Waals surface area contributed by atoms with Crippen molar-refractivity contribution in [2.45, 2.75) is 0 Å². The van der Waals surface area contributed by atoms with Crippen LogP contribution in [-0.4, -0.2) is 20.5 Å². The molecule has 0 saturated carbocycles. The number of rotatable bonds is 1. The molecular weight excluding hydrogens is 184 g/mol. The zero-order valence-corrected chi connectivity index (χ0v) is 6.90. The molecule has 0 aliphatic heterocycles. The summed E-state index contributed by atoms with van der Waals surface area (Å²) in [4.78, 5) is 17.4. The van der Waals surface area contributed by atoms with Crippen molar-refractivity contribution in [2.75, 3.05) is 0 Å². The van der Waals surface area contributed by atoms with Crippen molar-refractivity contribution in [2.24, 2.45) is 5.11 Å². The van der Waals surface area contributed by atoms with Crippen molar-refractivity contribution in [3.63, 3.8) is 0 Å². The monoisotopic (exact) mass is 188 g/mol. The molecule has 2 heterocycles. The lowest BCUT2D eigenvalue weighted by molar-refractivity contribution is 0.0996. The first kappa shape index (κ1) is 8.21. The molecule has 2 aromatic rings. The third-order valence-electron chi connectivity index (χ3n) is 1.59.